The molecule has 0 spiro atoms. The van der Waals surface area contributed by atoms with Crippen LogP contribution in [0.25, 0.3) is 0 Å². The summed E-state index contributed by atoms with van der Waals surface area (Å²) in [6, 6.07) is 0. The van der Waals surface area contributed by atoms with E-state index < -0.39 is 0 Å². The minimum Gasteiger partial charge on any atom is -0.289 e. The molecule has 0 rings (SSSR count). The van der Waals surface area contributed by atoms with Crippen LogP contribution in [0.4, 0.5) is 0 Å². The van der Waals surface area contributed by atoms with Gasteiger partial charge in [-0.1, -0.05) is 47.3 Å². The van der Waals surface area contributed by atoms with Crippen LogP contribution in [0.2, 0.25) is 0 Å². The number of nitrogens with zero attached hydrogens (tertiary/aromatic N) is 1. The first-order valence-electron chi connectivity index (χ1n) is 5.11. The highest BCUT2D eigenvalue weighted by molar-refractivity contribution is 6.03. The first-order valence-corrected chi connectivity index (χ1v) is 5.11. The summed E-state index contributed by atoms with van der Waals surface area (Å²) < 4.78 is 0. The van der Waals surface area contributed by atoms with Crippen LogP contribution in [0.15, 0.2) is 29.8 Å². The Labute approximate surface area is 84.3 Å². The minimum atomic E-state index is 0.942. The van der Waals surface area contributed by atoms with Gasteiger partial charge in [-0.15, -0.1) is 0 Å². The van der Waals surface area contributed by atoms with Crippen LogP contribution in [-0.4, -0.2) is 12.8 Å². The number of rotatable bonds is 3. The largest absolute Gasteiger partial charge is 0.289 e. The van der Waals surface area contributed by atoms with E-state index in [1.165, 1.54) is 0 Å². The number of allylic oxidation sites excluding steroid dienone is 3. The molecule has 0 amide bonds. The maximum absolute atomic E-state index is 3.96. The molecule has 13 heavy (non-hydrogen) atoms. The summed E-state index contributed by atoms with van der Waals surface area (Å²) in [5.74, 6) is 0. The van der Waals surface area contributed by atoms with E-state index in [9.17, 15) is 0 Å². The van der Waals surface area contributed by atoms with Gasteiger partial charge in [0.1, 0.15) is 0 Å². The van der Waals surface area contributed by atoms with Crippen LogP contribution in [-0.2, 0) is 0 Å². The summed E-state index contributed by atoms with van der Waals surface area (Å²) in [6.07, 6.45) is 6.82. The van der Waals surface area contributed by atoms with Crippen LogP contribution < -0.4 is 0 Å². The third-order valence-corrected chi connectivity index (χ3v) is 0.992. The predicted octanol–water partition coefficient (Wildman–Crippen LogP) is 4.26. The van der Waals surface area contributed by atoms with E-state index in [0.717, 1.165) is 12.1 Å². The lowest BCUT2D eigenvalue weighted by Gasteiger charge is -1.85. The molecule has 0 radical (unpaired) electrons. The van der Waals surface area contributed by atoms with Gasteiger partial charge in [0.25, 0.3) is 0 Å². The second-order valence-electron chi connectivity index (χ2n) is 1.66. The fourth-order valence-corrected chi connectivity index (χ4v) is 0.472. The first kappa shape index (κ1) is 18.0. The quantitative estimate of drug-likeness (QED) is 0.580. The van der Waals surface area contributed by atoms with Gasteiger partial charge in [-0.2, -0.15) is 0 Å². The Balaban J connectivity index is -0.000000218. The highest BCUT2D eigenvalue weighted by atomic mass is 14.7. The van der Waals surface area contributed by atoms with E-state index in [-0.39, 0.29) is 0 Å². The molecular weight excluding hydrogens is 158 g/mol. The average molecular weight is 183 g/mol. The van der Waals surface area contributed by atoms with E-state index in [1.54, 1.807) is 13.1 Å². The summed E-state index contributed by atoms with van der Waals surface area (Å²) in [4.78, 5) is 3.96. The van der Waals surface area contributed by atoms with E-state index in [1.807, 2.05) is 33.8 Å². The predicted molar refractivity (Wildman–Crippen MR) is 65.7 cm³/mol. The first-order chi connectivity index (χ1) is 6.35. The van der Waals surface area contributed by atoms with Crippen molar-refractivity contribution in [3.8, 4) is 0 Å². The van der Waals surface area contributed by atoms with Gasteiger partial charge in [0, 0.05) is 7.05 Å². The zero-order valence-corrected chi connectivity index (χ0v) is 10.1. The van der Waals surface area contributed by atoms with Gasteiger partial charge < -0.3 is 0 Å². The van der Waals surface area contributed by atoms with Gasteiger partial charge in [0.15, 0.2) is 0 Å². The Hall–Kier alpha value is -0.850. The Morgan fingerprint density at radius 1 is 1.23 bits per heavy atom. The van der Waals surface area contributed by atoms with Gasteiger partial charge in [-0.05, 0) is 18.6 Å². The molecule has 0 bridgehead atoms. The summed E-state index contributed by atoms with van der Waals surface area (Å²) in [5, 5.41) is 0. The molecule has 0 saturated carbocycles. The zero-order valence-electron chi connectivity index (χ0n) is 10.1. The van der Waals surface area contributed by atoms with Crippen molar-refractivity contribution in [2.45, 2.75) is 41.0 Å². The lowest BCUT2D eigenvalue weighted by Crippen LogP contribution is -1.83. The van der Waals surface area contributed by atoms with Gasteiger partial charge >= 0.3 is 0 Å². The Kier molecular flexibility index (Phi) is 31.2. The molecule has 1 heteroatoms. The van der Waals surface area contributed by atoms with Crippen molar-refractivity contribution in [3.05, 3.63) is 24.8 Å². The standard InChI is InChI=1S/C8H13N.2C2H6/c1-4-6-7-8(5-2)9-3;2*1-2/h5-7H,2,4H2,1,3H3;2*1-2H3/b7-6-,9-8?;;. The van der Waals surface area contributed by atoms with Crippen molar-refractivity contribution < 1.29 is 0 Å². The van der Waals surface area contributed by atoms with Crippen molar-refractivity contribution in [2.24, 2.45) is 4.99 Å². The monoisotopic (exact) mass is 183 g/mol. The Morgan fingerprint density at radius 2 is 1.69 bits per heavy atom. The maximum atomic E-state index is 3.96. The highest BCUT2D eigenvalue weighted by Crippen LogP contribution is 1.84. The molecule has 0 saturated heterocycles. The van der Waals surface area contributed by atoms with Crippen molar-refractivity contribution >= 4 is 5.71 Å². The van der Waals surface area contributed by atoms with Crippen molar-refractivity contribution in [1.29, 1.82) is 0 Å². The minimum absolute atomic E-state index is 0.942. The highest BCUT2D eigenvalue weighted by Gasteiger charge is 1.78. The molecule has 0 N–H and O–H groups in total. The summed E-state index contributed by atoms with van der Waals surface area (Å²) in [7, 11) is 1.76. The van der Waals surface area contributed by atoms with Crippen molar-refractivity contribution in [3.63, 3.8) is 0 Å². The van der Waals surface area contributed by atoms with Gasteiger partial charge in [-0.3, -0.25) is 4.99 Å². The molecule has 0 aromatic carbocycles. The van der Waals surface area contributed by atoms with E-state index in [2.05, 4.69) is 24.6 Å². The summed E-state index contributed by atoms with van der Waals surface area (Å²) in [6.45, 7) is 13.7. The normalized spacial score (nSPS) is 9.54. The van der Waals surface area contributed by atoms with Crippen LogP contribution in [0.3, 0.4) is 0 Å². The second-order valence-corrected chi connectivity index (χ2v) is 1.66. The molecule has 0 aliphatic carbocycles. The van der Waals surface area contributed by atoms with Gasteiger partial charge in [-0.25, -0.2) is 0 Å². The third kappa shape index (κ3) is 18.3. The molecule has 0 aliphatic heterocycles. The molecule has 1 nitrogen and oxygen atoms in total. The molecule has 0 atom stereocenters. The summed E-state index contributed by atoms with van der Waals surface area (Å²) in [5.41, 5.74) is 0.942. The van der Waals surface area contributed by atoms with Crippen LogP contribution >= 0.6 is 0 Å². The smallest absolute Gasteiger partial charge is 0.0561 e. The Bertz CT molecular complexity index is 132. The molecule has 0 aliphatic rings. The van der Waals surface area contributed by atoms with Crippen LogP contribution in [0.1, 0.15) is 41.0 Å². The zero-order chi connectivity index (χ0) is 11.1. The lowest BCUT2D eigenvalue weighted by molar-refractivity contribution is 1.23. The van der Waals surface area contributed by atoms with E-state index in [0.29, 0.717) is 0 Å². The number of hydrogen-bond donors (Lipinski definition) is 0. The van der Waals surface area contributed by atoms with Crippen LogP contribution in [0, 0.1) is 0 Å². The van der Waals surface area contributed by atoms with Crippen molar-refractivity contribution in [2.75, 3.05) is 7.05 Å². The fourth-order valence-electron chi connectivity index (χ4n) is 0.472. The third-order valence-electron chi connectivity index (χ3n) is 0.992. The number of aliphatic imine (C=N–C) groups is 1. The molecule has 0 unspecified atom stereocenters. The van der Waals surface area contributed by atoms with Gasteiger partial charge in [0.05, 0.1) is 5.71 Å². The molecule has 0 heterocycles. The number of hydrogen-bond acceptors (Lipinski definition) is 1. The molecule has 0 aromatic rings. The maximum Gasteiger partial charge on any atom is 0.0561 e. The lowest BCUT2D eigenvalue weighted by atomic mass is 10.3. The molecule has 0 aromatic heterocycles. The average Bonchev–Trinajstić information content (AvgIpc) is 2.25. The van der Waals surface area contributed by atoms with Crippen molar-refractivity contribution in [1.82, 2.24) is 0 Å². The SMILES string of the molecule is C=CC(/C=C\CC)=NC.CC.CC. The van der Waals surface area contributed by atoms with Gasteiger partial charge in [0.2, 0.25) is 0 Å². The second kappa shape index (κ2) is 22.5. The molecular formula is C12H25N. The van der Waals surface area contributed by atoms with E-state index in [4.69, 9.17) is 0 Å². The van der Waals surface area contributed by atoms with Crippen LogP contribution in [0.5, 0.6) is 0 Å². The molecule has 0 fully saturated rings. The topological polar surface area (TPSA) is 12.4 Å². The Morgan fingerprint density at radius 3 is 1.92 bits per heavy atom. The fraction of sp³-hybridized carbons (Fsp3) is 0.583. The van der Waals surface area contributed by atoms with E-state index >= 15 is 0 Å². The molecule has 78 valence electrons. The summed E-state index contributed by atoms with van der Waals surface area (Å²) >= 11 is 0.